The summed E-state index contributed by atoms with van der Waals surface area (Å²) in [5.41, 5.74) is 1.67. The first-order chi connectivity index (χ1) is 11.2. The Morgan fingerprint density at radius 1 is 1.22 bits per heavy atom. The zero-order valence-electron chi connectivity index (χ0n) is 12.4. The summed E-state index contributed by atoms with van der Waals surface area (Å²) >= 11 is 6.66. The van der Waals surface area contributed by atoms with Gasteiger partial charge in [0, 0.05) is 12.4 Å². The van der Waals surface area contributed by atoms with Crippen LogP contribution in [-0.4, -0.2) is 21.8 Å². The van der Waals surface area contributed by atoms with Gasteiger partial charge in [0.25, 0.3) is 5.91 Å². The van der Waals surface area contributed by atoms with E-state index in [-0.39, 0.29) is 5.91 Å². The van der Waals surface area contributed by atoms with E-state index in [1.165, 1.54) is 11.8 Å². The molecular formula is C17H14N2O2S2. The van der Waals surface area contributed by atoms with Crippen molar-refractivity contribution in [2.24, 2.45) is 0 Å². The Hall–Kier alpha value is -2.18. The molecule has 23 heavy (non-hydrogen) atoms. The maximum absolute atomic E-state index is 12.6. The van der Waals surface area contributed by atoms with Gasteiger partial charge in [-0.15, -0.1) is 0 Å². The van der Waals surface area contributed by atoms with Gasteiger partial charge in [-0.3, -0.25) is 14.7 Å². The highest BCUT2D eigenvalue weighted by molar-refractivity contribution is 8.27. The molecule has 0 unspecified atom stereocenters. The van der Waals surface area contributed by atoms with E-state index in [1.807, 2.05) is 49.4 Å². The molecule has 1 saturated heterocycles. The molecule has 6 heteroatoms. The van der Waals surface area contributed by atoms with Crippen molar-refractivity contribution in [3.8, 4) is 5.75 Å². The van der Waals surface area contributed by atoms with Gasteiger partial charge in [0.15, 0.2) is 4.32 Å². The quantitative estimate of drug-likeness (QED) is 0.623. The Kier molecular flexibility index (Phi) is 4.73. The molecule has 116 valence electrons. The van der Waals surface area contributed by atoms with Crippen LogP contribution >= 0.6 is 24.0 Å². The number of aromatic nitrogens is 1. The predicted octanol–water partition coefficient (Wildman–Crippen LogP) is 3.89. The topological polar surface area (TPSA) is 42.4 Å². The maximum atomic E-state index is 12.6. The Labute approximate surface area is 144 Å². The highest BCUT2D eigenvalue weighted by atomic mass is 32.2. The summed E-state index contributed by atoms with van der Waals surface area (Å²) in [6.07, 6.45) is 5.22. The average Bonchev–Trinajstić information content (AvgIpc) is 2.84. The second-order valence-corrected chi connectivity index (χ2v) is 6.40. The molecule has 4 nitrogen and oxygen atoms in total. The minimum absolute atomic E-state index is 0.110. The fraction of sp³-hybridized carbons (Fsp3) is 0.118. The number of nitrogens with zero attached hydrogens (tertiary/aromatic N) is 2. The number of benzene rings is 1. The Balaban J connectivity index is 1.85. The second kappa shape index (κ2) is 6.93. The summed E-state index contributed by atoms with van der Waals surface area (Å²) in [5, 5.41) is 0. The summed E-state index contributed by atoms with van der Waals surface area (Å²) in [6.45, 7) is 2.54. The van der Waals surface area contributed by atoms with Crippen LogP contribution in [0.15, 0.2) is 53.7 Å². The van der Waals surface area contributed by atoms with Gasteiger partial charge in [-0.05, 0) is 55.0 Å². The Morgan fingerprint density at radius 3 is 2.57 bits per heavy atom. The fourth-order valence-corrected chi connectivity index (χ4v) is 3.46. The third kappa shape index (κ3) is 3.43. The minimum atomic E-state index is -0.110. The number of amides is 1. The molecule has 0 aliphatic carbocycles. The van der Waals surface area contributed by atoms with Crippen LogP contribution in [0.1, 0.15) is 12.5 Å². The van der Waals surface area contributed by atoms with E-state index in [2.05, 4.69) is 4.98 Å². The highest BCUT2D eigenvalue weighted by Crippen LogP contribution is 2.36. The number of carbonyl (C=O) groups is 1. The average molecular weight is 342 g/mol. The summed E-state index contributed by atoms with van der Waals surface area (Å²) in [4.78, 5) is 18.8. The van der Waals surface area contributed by atoms with Crippen molar-refractivity contribution in [3.05, 3.63) is 59.3 Å². The molecule has 1 aliphatic heterocycles. The van der Waals surface area contributed by atoms with E-state index >= 15 is 0 Å². The van der Waals surface area contributed by atoms with Crippen LogP contribution in [-0.2, 0) is 4.79 Å². The molecule has 0 N–H and O–H groups in total. The number of carbonyl (C=O) groups excluding carboxylic acids is 1. The zero-order chi connectivity index (χ0) is 16.2. The van der Waals surface area contributed by atoms with Crippen molar-refractivity contribution >= 4 is 46.0 Å². The van der Waals surface area contributed by atoms with Crippen molar-refractivity contribution in [1.29, 1.82) is 0 Å². The summed E-state index contributed by atoms with van der Waals surface area (Å²) in [6, 6.07) is 11.1. The number of ether oxygens (including phenoxy) is 1. The number of hydrogen-bond acceptors (Lipinski definition) is 5. The smallest absolute Gasteiger partial charge is 0.270 e. The molecular weight excluding hydrogens is 328 g/mol. The van der Waals surface area contributed by atoms with Gasteiger partial charge in [0.05, 0.1) is 17.2 Å². The highest BCUT2D eigenvalue weighted by Gasteiger charge is 2.33. The van der Waals surface area contributed by atoms with Crippen LogP contribution in [0.3, 0.4) is 0 Å². The number of pyridine rings is 1. The van der Waals surface area contributed by atoms with E-state index in [9.17, 15) is 4.79 Å². The van der Waals surface area contributed by atoms with E-state index in [0.29, 0.717) is 15.8 Å². The minimum Gasteiger partial charge on any atom is -0.494 e. The molecule has 1 fully saturated rings. The fourth-order valence-electron chi connectivity index (χ4n) is 2.16. The molecule has 0 saturated carbocycles. The first-order valence-electron chi connectivity index (χ1n) is 7.10. The number of anilines is 1. The first kappa shape index (κ1) is 15.7. The molecule has 1 aromatic carbocycles. The normalized spacial score (nSPS) is 16.2. The van der Waals surface area contributed by atoms with Crippen LogP contribution in [0.5, 0.6) is 5.75 Å². The number of thioether (sulfide) groups is 1. The van der Waals surface area contributed by atoms with Crippen molar-refractivity contribution in [3.63, 3.8) is 0 Å². The third-order valence-electron chi connectivity index (χ3n) is 3.20. The molecule has 1 aliphatic rings. The molecule has 0 atom stereocenters. The number of thiocarbonyl (C=S) groups is 1. The predicted molar refractivity (Wildman–Crippen MR) is 97.5 cm³/mol. The lowest BCUT2D eigenvalue weighted by Crippen LogP contribution is -2.27. The van der Waals surface area contributed by atoms with Crippen LogP contribution in [0, 0.1) is 0 Å². The molecule has 1 aromatic heterocycles. The lowest BCUT2D eigenvalue weighted by Gasteiger charge is -2.15. The van der Waals surface area contributed by atoms with E-state index in [0.717, 1.165) is 17.0 Å². The van der Waals surface area contributed by atoms with Gasteiger partial charge in [0.1, 0.15) is 5.75 Å². The van der Waals surface area contributed by atoms with Crippen LogP contribution < -0.4 is 9.64 Å². The van der Waals surface area contributed by atoms with Crippen molar-refractivity contribution < 1.29 is 9.53 Å². The standard InChI is InChI=1S/C17H14N2O2S2/c1-2-21-14-5-3-13(4-6-14)19-16(20)15(23-17(19)22)11-12-7-9-18-10-8-12/h3-11H,2H2,1H3/b15-11-. The van der Waals surface area contributed by atoms with Gasteiger partial charge in [0.2, 0.25) is 0 Å². The van der Waals surface area contributed by atoms with E-state index in [4.69, 9.17) is 17.0 Å². The van der Waals surface area contributed by atoms with Crippen LogP contribution in [0.4, 0.5) is 5.69 Å². The molecule has 1 amide bonds. The molecule has 0 radical (unpaired) electrons. The van der Waals surface area contributed by atoms with Gasteiger partial charge in [-0.1, -0.05) is 24.0 Å². The van der Waals surface area contributed by atoms with Gasteiger partial charge < -0.3 is 4.74 Å². The van der Waals surface area contributed by atoms with Gasteiger partial charge in [-0.25, -0.2) is 0 Å². The lowest BCUT2D eigenvalue weighted by atomic mass is 10.2. The monoisotopic (exact) mass is 342 g/mol. The van der Waals surface area contributed by atoms with E-state index < -0.39 is 0 Å². The summed E-state index contributed by atoms with van der Waals surface area (Å²) < 4.78 is 5.95. The molecule has 0 spiro atoms. The Morgan fingerprint density at radius 2 is 1.91 bits per heavy atom. The van der Waals surface area contributed by atoms with Gasteiger partial charge in [-0.2, -0.15) is 0 Å². The molecule has 2 aromatic rings. The number of hydrogen-bond donors (Lipinski definition) is 0. The number of rotatable bonds is 4. The lowest BCUT2D eigenvalue weighted by molar-refractivity contribution is -0.113. The van der Waals surface area contributed by atoms with Crippen molar-refractivity contribution in [1.82, 2.24) is 4.98 Å². The maximum Gasteiger partial charge on any atom is 0.270 e. The van der Waals surface area contributed by atoms with E-state index in [1.54, 1.807) is 17.3 Å². The van der Waals surface area contributed by atoms with Crippen LogP contribution in [0.2, 0.25) is 0 Å². The van der Waals surface area contributed by atoms with Crippen LogP contribution in [0.25, 0.3) is 6.08 Å². The molecule has 2 heterocycles. The van der Waals surface area contributed by atoms with Crippen molar-refractivity contribution in [2.45, 2.75) is 6.92 Å². The third-order valence-corrected chi connectivity index (χ3v) is 4.51. The summed E-state index contributed by atoms with van der Waals surface area (Å²) in [7, 11) is 0. The van der Waals surface area contributed by atoms with Crippen molar-refractivity contribution in [2.75, 3.05) is 11.5 Å². The first-order valence-corrected chi connectivity index (χ1v) is 8.32. The second-order valence-electron chi connectivity index (χ2n) is 4.72. The molecule has 0 bridgehead atoms. The largest absolute Gasteiger partial charge is 0.494 e. The summed E-state index contributed by atoms with van der Waals surface area (Å²) in [5.74, 6) is 0.662. The van der Waals surface area contributed by atoms with Gasteiger partial charge >= 0.3 is 0 Å². The zero-order valence-corrected chi connectivity index (χ0v) is 14.1. The SMILES string of the molecule is CCOc1ccc(N2C(=O)/C(=C/c3ccncc3)SC2=S)cc1. The molecule has 3 rings (SSSR count). The Bertz CT molecular complexity index is 758.